The molecule has 0 bridgehead atoms. The van der Waals surface area contributed by atoms with Gasteiger partial charge in [0.25, 0.3) is 0 Å². The molecular weight excluding hydrogens is 234 g/mol. The minimum atomic E-state index is 0.309. The summed E-state index contributed by atoms with van der Waals surface area (Å²) in [5, 5.41) is 0.739. The maximum absolute atomic E-state index is 6.06. The Labute approximate surface area is 109 Å². The van der Waals surface area contributed by atoms with Crippen LogP contribution in [0.1, 0.15) is 38.2 Å². The van der Waals surface area contributed by atoms with Crippen LogP contribution in [-0.2, 0) is 0 Å². The van der Waals surface area contributed by atoms with Gasteiger partial charge in [0.15, 0.2) is 0 Å². The number of methoxy groups -OCH3 is 1. The lowest BCUT2D eigenvalue weighted by molar-refractivity contribution is 0.381. The van der Waals surface area contributed by atoms with Gasteiger partial charge in [0, 0.05) is 16.5 Å². The van der Waals surface area contributed by atoms with Gasteiger partial charge in [-0.2, -0.15) is 0 Å². The zero-order valence-corrected chi connectivity index (χ0v) is 11.6. The lowest BCUT2D eigenvalue weighted by atomic mass is 9.84. The first-order valence-electron chi connectivity index (χ1n) is 6.17. The van der Waals surface area contributed by atoms with E-state index in [1.807, 2.05) is 18.2 Å². The van der Waals surface area contributed by atoms with Crippen LogP contribution in [0.5, 0.6) is 5.75 Å². The number of halogens is 1. The van der Waals surface area contributed by atoms with Crippen molar-refractivity contribution in [1.82, 2.24) is 0 Å². The number of hydrogen-bond acceptors (Lipinski definition) is 2. The second-order valence-corrected chi connectivity index (χ2v) is 4.93. The standard InChI is InChI=1S/C14H22ClNO/c1-4-5-10(2)13(9-16)12-8-11(15)6-7-14(12)17-3/h6-8,10,13H,4-5,9,16H2,1-3H3. The fourth-order valence-electron chi connectivity index (χ4n) is 2.32. The molecule has 1 rings (SSSR count). The monoisotopic (exact) mass is 255 g/mol. The molecule has 3 heteroatoms. The Morgan fingerprint density at radius 1 is 1.41 bits per heavy atom. The predicted molar refractivity (Wildman–Crippen MR) is 73.9 cm³/mol. The molecular formula is C14H22ClNO. The van der Waals surface area contributed by atoms with Crippen LogP contribution in [0.3, 0.4) is 0 Å². The van der Waals surface area contributed by atoms with E-state index in [-0.39, 0.29) is 0 Å². The molecule has 0 radical (unpaired) electrons. The van der Waals surface area contributed by atoms with Gasteiger partial charge in [0.1, 0.15) is 5.75 Å². The van der Waals surface area contributed by atoms with Gasteiger partial charge in [-0.25, -0.2) is 0 Å². The van der Waals surface area contributed by atoms with Crippen molar-refractivity contribution in [3.05, 3.63) is 28.8 Å². The second kappa shape index (κ2) is 6.87. The van der Waals surface area contributed by atoms with E-state index in [1.165, 1.54) is 6.42 Å². The molecule has 0 aliphatic carbocycles. The van der Waals surface area contributed by atoms with E-state index >= 15 is 0 Å². The number of nitrogens with two attached hydrogens (primary N) is 1. The van der Waals surface area contributed by atoms with Crippen molar-refractivity contribution < 1.29 is 4.74 Å². The molecule has 17 heavy (non-hydrogen) atoms. The summed E-state index contributed by atoms with van der Waals surface area (Å²) in [6.45, 7) is 5.05. The minimum absolute atomic E-state index is 0.309. The Balaban J connectivity index is 3.05. The third-order valence-electron chi connectivity index (χ3n) is 3.28. The Hall–Kier alpha value is -0.730. The molecule has 96 valence electrons. The quantitative estimate of drug-likeness (QED) is 0.839. The van der Waals surface area contributed by atoms with Crippen molar-refractivity contribution in [2.24, 2.45) is 11.7 Å². The molecule has 2 unspecified atom stereocenters. The Bertz CT molecular complexity index is 354. The first kappa shape index (κ1) is 14.3. The smallest absolute Gasteiger partial charge is 0.122 e. The van der Waals surface area contributed by atoms with E-state index in [9.17, 15) is 0 Å². The van der Waals surface area contributed by atoms with Crippen molar-refractivity contribution >= 4 is 11.6 Å². The van der Waals surface area contributed by atoms with Crippen molar-refractivity contribution in [3.63, 3.8) is 0 Å². The normalized spacial score (nSPS) is 14.4. The van der Waals surface area contributed by atoms with E-state index in [1.54, 1.807) is 7.11 Å². The lowest BCUT2D eigenvalue weighted by Gasteiger charge is -2.24. The molecule has 2 nitrogen and oxygen atoms in total. The zero-order chi connectivity index (χ0) is 12.8. The van der Waals surface area contributed by atoms with E-state index in [0.717, 1.165) is 22.8 Å². The third kappa shape index (κ3) is 3.62. The molecule has 0 amide bonds. The highest BCUT2D eigenvalue weighted by Gasteiger charge is 2.21. The SMILES string of the molecule is CCCC(C)C(CN)c1cc(Cl)ccc1OC. The van der Waals surface area contributed by atoms with Gasteiger partial charge < -0.3 is 10.5 Å². The molecule has 0 aliphatic rings. The molecule has 0 aromatic heterocycles. The second-order valence-electron chi connectivity index (χ2n) is 4.49. The summed E-state index contributed by atoms with van der Waals surface area (Å²) in [7, 11) is 1.69. The zero-order valence-electron chi connectivity index (χ0n) is 10.9. The van der Waals surface area contributed by atoms with E-state index in [4.69, 9.17) is 22.1 Å². The van der Waals surface area contributed by atoms with Gasteiger partial charge in [-0.1, -0.05) is 38.3 Å². The first-order chi connectivity index (χ1) is 8.13. The highest BCUT2D eigenvalue weighted by molar-refractivity contribution is 6.30. The summed E-state index contributed by atoms with van der Waals surface area (Å²) < 4.78 is 5.40. The largest absolute Gasteiger partial charge is 0.496 e. The average Bonchev–Trinajstić information content (AvgIpc) is 2.31. The molecule has 0 aliphatic heterocycles. The fraction of sp³-hybridized carbons (Fsp3) is 0.571. The van der Waals surface area contributed by atoms with Crippen LogP contribution >= 0.6 is 11.6 Å². The number of benzene rings is 1. The van der Waals surface area contributed by atoms with Crippen molar-refractivity contribution in [1.29, 1.82) is 0 Å². The minimum Gasteiger partial charge on any atom is -0.496 e. The molecule has 0 spiro atoms. The third-order valence-corrected chi connectivity index (χ3v) is 3.51. The molecule has 1 aromatic rings. The lowest BCUT2D eigenvalue weighted by Crippen LogP contribution is -2.20. The summed E-state index contributed by atoms with van der Waals surface area (Å²) in [6.07, 6.45) is 2.33. The van der Waals surface area contributed by atoms with Crippen molar-refractivity contribution in [2.75, 3.05) is 13.7 Å². The van der Waals surface area contributed by atoms with Gasteiger partial charge in [-0.05, 0) is 30.7 Å². The van der Waals surface area contributed by atoms with E-state index in [2.05, 4.69) is 13.8 Å². The van der Waals surface area contributed by atoms with Gasteiger partial charge >= 0.3 is 0 Å². The van der Waals surface area contributed by atoms with Gasteiger partial charge in [0.2, 0.25) is 0 Å². The van der Waals surface area contributed by atoms with Gasteiger partial charge in [-0.15, -0.1) is 0 Å². The van der Waals surface area contributed by atoms with Gasteiger partial charge in [-0.3, -0.25) is 0 Å². The maximum Gasteiger partial charge on any atom is 0.122 e. The van der Waals surface area contributed by atoms with Crippen LogP contribution in [0.25, 0.3) is 0 Å². The summed E-state index contributed by atoms with van der Waals surface area (Å²) in [6, 6.07) is 5.74. The topological polar surface area (TPSA) is 35.2 Å². The molecule has 0 heterocycles. The average molecular weight is 256 g/mol. The van der Waals surface area contributed by atoms with Gasteiger partial charge in [0.05, 0.1) is 7.11 Å². The Kier molecular flexibility index (Phi) is 5.79. The van der Waals surface area contributed by atoms with Crippen molar-refractivity contribution in [2.45, 2.75) is 32.6 Å². The summed E-state index contributed by atoms with van der Waals surface area (Å²) in [5.41, 5.74) is 7.04. The Morgan fingerprint density at radius 3 is 2.65 bits per heavy atom. The molecule has 2 atom stereocenters. The molecule has 0 saturated heterocycles. The molecule has 0 fully saturated rings. The number of ether oxygens (including phenoxy) is 1. The molecule has 1 aromatic carbocycles. The van der Waals surface area contributed by atoms with Crippen LogP contribution in [0.4, 0.5) is 0 Å². The summed E-state index contributed by atoms with van der Waals surface area (Å²) >= 11 is 6.06. The number of hydrogen-bond donors (Lipinski definition) is 1. The van der Waals surface area contributed by atoms with Crippen LogP contribution in [-0.4, -0.2) is 13.7 Å². The first-order valence-corrected chi connectivity index (χ1v) is 6.55. The highest BCUT2D eigenvalue weighted by atomic mass is 35.5. The van der Waals surface area contributed by atoms with Crippen LogP contribution in [0.15, 0.2) is 18.2 Å². The van der Waals surface area contributed by atoms with Crippen LogP contribution in [0, 0.1) is 5.92 Å². The summed E-state index contributed by atoms with van der Waals surface area (Å²) in [5.74, 6) is 1.73. The molecule has 2 N–H and O–H groups in total. The maximum atomic E-state index is 6.06. The summed E-state index contributed by atoms with van der Waals surface area (Å²) in [4.78, 5) is 0. The predicted octanol–water partition coefficient (Wildman–Crippen LogP) is 3.83. The van der Waals surface area contributed by atoms with E-state index < -0.39 is 0 Å². The molecule has 0 saturated carbocycles. The van der Waals surface area contributed by atoms with Crippen LogP contribution in [0.2, 0.25) is 5.02 Å². The Morgan fingerprint density at radius 2 is 2.12 bits per heavy atom. The van der Waals surface area contributed by atoms with Crippen molar-refractivity contribution in [3.8, 4) is 5.75 Å². The fourth-order valence-corrected chi connectivity index (χ4v) is 2.50. The number of rotatable bonds is 6. The van der Waals surface area contributed by atoms with E-state index in [0.29, 0.717) is 18.4 Å². The highest BCUT2D eigenvalue weighted by Crippen LogP contribution is 2.35. The van der Waals surface area contributed by atoms with Crippen LogP contribution < -0.4 is 10.5 Å².